The molecule has 16 heavy (non-hydrogen) atoms. The molecule has 3 heterocycles. The first-order valence-electron chi connectivity index (χ1n) is 5.08. The molecule has 0 amide bonds. The number of aromatic nitrogens is 3. The van der Waals surface area contributed by atoms with Crippen LogP contribution in [0.4, 0.5) is 11.8 Å². The number of rotatable bonds is 0. The Morgan fingerprint density at radius 3 is 2.94 bits per heavy atom. The maximum absolute atomic E-state index is 4.46. The van der Waals surface area contributed by atoms with Crippen molar-refractivity contribution in [2.75, 3.05) is 0 Å². The van der Waals surface area contributed by atoms with Crippen molar-refractivity contribution in [2.24, 2.45) is 0 Å². The van der Waals surface area contributed by atoms with Gasteiger partial charge in [0.1, 0.15) is 0 Å². The highest BCUT2D eigenvalue weighted by atomic mass is 15.3. The van der Waals surface area contributed by atoms with Gasteiger partial charge in [0.2, 0.25) is 5.95 Å². The van der Waals surface area contributed by atoms with E-state index in [1.807, 2.05) is 41.0 Å². The Kier molecular flexibility index (Phi) is 1.28. The van der Waals surface area contributed by atoms with Crippen LogP contribution >= 0.6 is 0 Å². The minimum atomic E-state index is 0.718. The Morgan fingerprint density at radius 1 is 1.00 bits per heavy atom. The van der Waals surface area contributed by atoms with Crippen LogP contribution < -0.4 is 5.32 Å². The van der Waals surface area contributed by atoms with E-state index in [4.69, 9.17) is 0 Å². The van der Waals surface area contributed by atoms with Crippen LogP contribution in [-0.4, -0.2) is 14.5 Å². The number of imidazole rings is 1. The summed E-state index contributed by atoms with van der Waals surface area (Å²) in [5, 5.41) is 4.39. The third-order valence-electron chi connectivity index (χ3n) is 2.76. The van der Waals surface area contributed by atoms with Crippen LogP contribution in [-0.2, 0) is 0 Å². The predicted molar refractivity (Wildman–Crippen MR) is 60.3 cm³/mol. The standard InChI is InChI=1S/C12H7N4/c1-2-5-9-8(4-1)14-12-15-11-10(16(9)12)6-3-7-13-11/h1-7H. The van der Waals surface area contributed by atoms with Gasteiger partial charge in [-0.3, -0.25) is 4.57 Å². The molecule has 1 aromatic carbocycles. The largest absolute Gasteiger partial charge is 0.273 e. The molecule has 0 saturated heterocycles. The molecular weight excluding hydrogens is 200 g/mol. The van der Waals surface area contributed by atoms with Gasteiger partial charge in [-0.1, -0.05) is 12.1 Å². The maximum atomic E-state index is 4.46. The van der Waals surface area contributed by atoms with Crippen LogP contribution in [0, 0.1) is 0 Å². The lowest BCUT2D eigenvalue weighted by Crippen LogP contribution is -1.87. The zero-order chi connectivity index (χ0) is 10.5. The Morgan fingerprint density at radius 2 is 1.94 bits per heavy atom. The molecule has 0 aliphatic carbocycles. The first kappa shape index (κ1) is 7.87. The van der Waals surface area contributed by atoms with E-state index in [2.05, 4.69) is 15.3 Å². The summed E-state index contributed by atoms with van der Waals surface area (Å²) in [6.45, 7) is 0. The second-order valence-electron chi connectivity index (χ2n) is 3.69. The quantitative estimate of drug-likeness (QED) is 0.444. The maximum Gasteiger partial charge on any atom is 0.237 e. The molecule has 4 rings (SSSR count). The molecule has 0 unspecified atom stereocenters. The van der Waals surface area contributed by atoms with Gasteiger partial charge < -0.3 is 0 Å². The van der Waals surface area contributed by atoms with E-state index in [9.17, 15) is 0 Å². The van der Waals surface area contributed by atoms with Gasteiger partial charge in [0, 0.05) is 6.20 Å². The lowest BCUT2D eigenvalue weighted by Gasteiger charge is -1.99. The molecule has 75 valence electrons. The average molecular weight is 207 g/mol. The molecule has 0 saturated carbocycles. The van der Waals surface area contributed by atoms with Gasteiger partial charge in [-0.15, -0.1) is 0 Å². The van der Waals surface area contributed by atoms with E-state index in [0.29, 0.717) is 0 Å². The lowest BCUT2D eigenvalue weighted by molar-refractivity contribution is 1.05. The molecule has 2 aromatic heterocycles. The Labute approximate surface area is 91.6 Å². The molecule has 0 N–H and O–H groups in total. The lowest BCUT2D eigenvalue weighted by atomic mass is 10.3. The number of para-hydroxylation sites is 2. The van der Waals surface area contributed by atoms with Crippen molar-refractivity contribution in [3.05, 3.63) is 42.6 Å². The summed E-state index contributed by atoms with van der Waals surface area (Å²) in [6.07, 6.45) is 1.75. The predicted octanol–water partition coefficient (Wildman–Crippen LogP) is 2.30. The monoisotopic (exact) mass is 207 g/mol. The van der Waals surface area contributed by atoms with Crippen molar-refractivity contribution < 1.29 is 0 Å². The second kappa shape index (κ2) is 2.61. The van der Waals surface area contributed by atoms with Crippen LogP contribution in [0.25, 0.3) is 16.7 Å². The third kappa shape index (κ3) is 0.839. The fraction of sp³-hybridized carbons (Fsp3) is 0. The zero-order valence-corrected chi connectivity index (χ0v) is 8.33. The molecule has 4 heteroatoms. The summed E-state index contributed by atoms with van der Waals surface area (Å²) in [6, 6.07) is 11.9. The van der Waals surface area contributed by atoms with E-state index in [1.165, 1.54) is 0 Å². The van der Waals surface area contributed by atoms with Crippen molar-refractivity contribution in [2.45, 2.75) is 0 Å². The second-order valence-corrected chi connectivity index (χ2v) is 3.69. The Balaban J connectivity index is 2.15. The highest BCUT2D eigenvalue weighted by Gasteiger charge is 2.23. The summed E-state index contributed by atoms with van der Waals surface area (Å²) in [5.41, 5.74) is 3.05. The number of pyridine rings is 1. The Hall–Kier alpha value is -2.36. The van der Waals surface area contributed by atoms with Gasteiger partial charge in [0.25, 0.3) is 0 Å². The summed E-state index contributed by atoms with van der Waals surface area (Å²) in [4.78, 5) is 8.69. The van der Waals surface area contributed by atoms with Crippen molar-refractivity contribution in [3.63, 3.8) is 0 Å². The fourth-order valence-corrected chi connectivity index (χ4v) is 2.07. The minimum absolute atomic E-state index is 0.718. The van der Waals surface area contributed by atoms with E-state index >= 15 is 0 Å². The molecule has 4 nitrogen and oxygen atoms in total. The topological polar surface area (TPSA) is 44.8 Å². The number of benzene rings is 1. The van der Waals surface area contributed by atoms with E-state index in [1.54, 1.807) is 6.20 Å². The van der Waals surface area contributed by atoms with Gasteiger partial charge in [0.15, 0.2) is 5.82 Å². The van der Waals surface area contributed by atoms with Gasteiger partial charge in [-0.25, -0.2) is 9.97 Å². The molecule has 0 atom stereocenters. The van der Waals surface area contributed by atoms with E-state index in [0.717, 1.165) is 28.5 Å². The summed E-state index contributed by atoms with van der Waals surface area (Å²) >= 11 is 0. The first-order valence-corrected chi connectivity index (χ1v) is 5.08. The van der Waals surface area contributed by atoms with Crippen molar-refractivity contribution in [1.82, 2.24) is 19.9 Å². The highest BCUT2D eigenvalue weighted by molar-refractivity contribution is 5.84. The van der Waals surface area contributed by atoms with Crippen molar-refractivity contribution in [3.8, 4) is 5.69 Å². The molecule has 0 bridgehead atoms. The van der Waals surface area contributed by atoms with E-state index in [-0.39, 0.29) is 0 Å². The number of hydrogen-bond acceptors (Lipinski definition) is 2. The number of nitrogens with zero attached hydrogens (tertiary/aromatic N) is 4. The van der Waals surface area contributed by atoms with Crippen molar-refractivity contribution in [1.29, 1.82) is 0 Å². The third-order valence-corrected chi connectivity index (χ3v) is 2.76. The van der Waals surface area contributed by atoms with Crippen LogP contribution in [0.1, 0.15) is 0 Å². The zero-order valence-electron chi connectivity index (χ0n) is 8.33. The number of hydrogen-bond donors (Lipinski definition) is 0. The summed E-state index contributed by atoms with van der Waals surface area (Å²) in [5.74, 6) is 1.46. The highest BCUT2D eigenvalue weighted by Crippen LogP contribution is 2.35. The molecule has 0 fully saturated rings. The minimum Gasteiger partial charge on any atom is -0.273 e. The average Bonchev–Trinajstić information content (AvgIpc) is 2.83. The van der Waals surface area contributed by atoms with Gasteiger partial charge in [-0.2, -0.15) is 5.32 Å². The van der Waals surface area contributed by atoms with Crippen LogP contribution in [0.3, 0.4) is 0 Å². The molecule has 1 aliphatic heterocycles. The smallest absolute Gasteiger partial charge is 0.237 e. The summed E-state index contributed by atoms with van der Waals surface area (Å²) in [7, 11) is 0. The SMILES string of the molecule is c1cnc2c(c1)-n1c(nc3ccccc31)[N]2. The van der Waals surface area contributed by atoms with E-state index < -0.39 is 0 Å². The van der Waals surface area contributed by atoms with Gasteiger partial charge in [-0.05, 0) is 24.3 Å². The molecular formula is C12H7N4. The molecule has 1 radical (unpaired) electrons. The van der Waals surface area contributed by atoms with Crippen LogP contribution in [0.2, 0.25) is 0 Å². The summed E-state index contributed by atoms with van der Waals surface area (Å²) < 4.78 is 2.04. The normalized spacial score (nSPS) is 12.2. The Bertz CT molecular complexity index is 699. The fourth-order valence-electron chi connectivity index (χ4n) is 2.07. The van der Waals surface area contributed by atoms with Gasteiger partial charge >= 0.3 is 0 Å². The first-order chi connectivity index (χ1) is 7.93. The van der Waals surface area contributed by atoms with Crippen LogP contribution in [0.5, 0.6) is 0 Å². The molecule has 3 aromatic rings. The van der Waals surface area contributed by atoms with Crippen molar-refractivity contribution >= 4 is 22.8 Å². The molecule has 0 spiro atoms. The van der Waals surface area contributed by atoms with Crippen LogP contribution in [0.15, 0.2) is 42.6 Å². The van der Waals surface area contributed by atoms with Gasteiger partial charge in [0.05, 0.1) is 16.7 Å². The number of fused-ring (bicyclic) bond motifs is 5. The molecule has 1 aliphatic rings.